The van der Waals surface area contributed by atoms with Gasteiger partial charge in [-0.1, -0.05) is 12.8 Å². The van der Waals surface area contributed by atoms with Gasteiger partial charge in [-0.25, -0.2) is 4.79 Å². The number of amides is 1. The second-order valence-electron chi connectivity index (χ2n) is 5.70. The maximum absolute atomic E-state index is 12.6. The first kappa shape index (κ1) is 13.6. The van der Waals surface area contributed by atoms with Crippen molar-refractivity contribution in [3.05, 3.63) is 29.5 Å². The van der Waals surface area contributed by atoms with Crippen molar-refractivity contribution in [2.75, 3.05) is 0 Å². The smallest absolute Gasteiger partial charge is 0.329 e. The number of aliphatic carboxylic acids is 1. The van der Waals surface area contributed by atoms with Crippen molar-refractivity contribution in [2.24, 2.45) is 0 Å². The molecule has 1 aliphatic carbocycles. The largest absolute Gasteiger partial charge is 0.480 e. The van der Waals surface area contributed by atoms with Crippen LogP contribution in [-0.4, -0.2) is 32.7 Å². The molecule has 6 nitrogen and oxygen atoms in total. The number of carboxylic acids is 1. The molecule has 0 saturated heterocycles. The van der Waals surface area contributed by atoms with Crippen molar-refractivity contribution in [2.45, 2.75) is 38.1 Å². The SMILES string of the molecule is Cc1cc(C(=O)NC2(C(=O)O)CCCC2)c2[nH]ncc2c1. The Bertz CT molecular complexity index is 714. The van der Waals surface area contributed by atoms with E-state index in [1.165, 1.54) is 0 Å². The Kier molecular flexibility index (Phi) is 3.16. The number of aromatic amines is 1. The number of H-pyrrole nitrogens is 1. The second-order valence-corrected chi connectivity index (χ2v) is 5.70. The highest BCUT2D eigenvalue weighted by Crippen LogP contribution is 2.30. The number of rotatable bonds is 3. The molecule has 0 atom stereocenters. The predicted octanol–water partition coefficient (Wildman–Crippen LogP) is 2.00. The van der Waals surface area contributed by atoms with Gasteiger partial charge in [-0.05, 0) is 37.5 Å². The molecule has 0 bridgehead atoms. The van der Waals surface area contributed by atoms with Crippen molar-refractivity contribution in [1.29, 1.82) is 0 Å². The number of aryl methyl sites for hydroxylation is 1. The fraction of sp³-hybridized carbons (Fsp3) is 0.400. The second kappa shape index (κ2) is 4.87. The lowest BCUT2D eigenvalue weighted by Crippen LogP contribution is -2.52. The van der Waals surface area contributed by atoms with Gasteiger partial charge in [0.2, 0.25) is 0 Å². The molecule has 0 unspecified atom stereocenters. The highest BCUT2D eigenvalue weighted by atomic mass is 16.4. The molecule has 3 N–H and O–H groups in total. The van der Waals surface area contributed by atoms with Crippen LogP contribution in [0.15, 0.2) is 18.3 Å². The van der Waals surface area contributed by atoms with Gasteiger partial charge in [-0.15, -0.1) is 0 Å². The average Bonchev–Trinajstić information content (AvgIpc) is 3.06. The number of hydrogen-bond acceptors (Lipinski definition) is 3. The molecule has 1 saturated carbocycles. The number of hydrogen-bond donors (Lipinski definition) is 3. The summed E-state index contributed by atoms with van der Waals surface area (Å²) in [6.07, 6.45) is 4.25. The maximum Gasteiger partial charge on any atom is 0.329 e. The Morgan fingerprint density at radius 1 is 1.33 bits per heavy atom. The van der Waals surface area contributed by atoms with Gasteiger partial charge in [0.25, 0.3) is 5.91 Å². The van der Waals surface area contributed by atoms with Crippen LogP contribution in [0, 0.1) is 6.92 Å². The summed E-state index contributed by atoms with van der Waals surface area (Å²) in [6, 6.07) is 3.68. The van der Waals surface area contributed by atoms with E-state index in [0.29, 0.717) is 23.9 Å². The van der Waals surface area contributed by atoms with Crippen molar-refractivity contribution < 1.29 is 14.7 Å². The molecule has 1 aromatic heterocycles. The summed E-state index contributed by atoms with van der Waals surface area (Å²) in [4.78, 5) is 24.1. The van der Waals surface area contributed by atoms with Crippen LogP contribution in [0.2, 0.25) is 0 Å². The number of nitrogens with zero attached hydrogens (tertiary/aromatic N) is 1. The Morgan fingerprint density at radius 3 is 2.71 bits per heavy atom. The molecule has 21 heavy (non-hydrogen) atoms. The summed E-state index contributed by atoms with van der Waals surface area (Å²) in [7, 11) is 0. The van der Waals surface area contributed by atoms with Crippen LogP contribution < -0.4 is 5.32 Å². The molecule has 1 aromatic carbocycles. The third-order valence-electron chi connectivity index (χ3n) is 4.16. The van der Waals surface area contributed by atoms with E-state index in [1.54, 1.807) is 12.3 Å². The van der Waals surface area contributed by atoms with E-state index in [4.69, 9.17) is 0 Å². The zero-order valence-corrected chi connectivity index (χ0v) is 11.8. The summed E-state index contributed by atoms with van der Waals surface area (Å²) in [5.41, 5.74) is 0.879. The van der Waals surface area contributed by atoms with E-state index in [0.717, 1.165) is 23.8 Å². The molecule has 1 amide bonds. The molecule has 0 radical (unpaired) electrons. The van der Waals surface area contributed by atoms with Crippen LogP contribution in [0.5, 0.6) is 0 Å². The summed E-state index contributed by atoms with van der Waals surface area (Å²) in [5.74, 6) is -1.32. The molecule has 0 aliphatic heterocycles. The predicted molar refractivity (Wildman–Crippen MR) is 77.1 cm³/mol. The van der Waals surface area contributed by atoms with E-state index < -0.39 is 11.5 Å². The molecular weight excluding hydrogens is 270 g/mol. The average molecular weight is 287 g/mol. The molecular formula is C15H17N3O3. The lowest BCUT2D eigenvalue weighted by molar-refractivity contribution is -0.144. The van der Waals surface area contributed by atoms with Crippen LogP contribution in [-0.2, 0) is 4.79 Å². The standard InChI is InChI=1S/C15H17N3O3/c1-9-6-10-8-16-18-12(10)11(7-9)13(19)17-15(14(20)21)4-2-3-5-15/h6-8H,2-5H2,1H3,(H,16,18)(H,17,19)(H,20,21). The van der Waals surface area contributed by atoms with Crippen molar-refractivity contribution >= 4 is 22.8 Å². The zero-order valence-electron chi connectivity index (χ0n) is 11.8. The first-order valence-corrected chi connectivity index (χ1v) is 7.01. The van der Waals surface area contributed by atoms with E-state index in [-0.39, 0.29) is 5.91 Å². The highest BCUT2D eigenvalue weighted by Gasteiger charge is 2.42. The van der Waals surface area contributed by atoms with Gasteiger partial charge in [-0.2, -0.15) is 5.10 Å². The summed E-state index contributed by atoms with van der Waals surface area (Å²) in [6.45, 7) is 1.89. The van der Waals surface area contributed by atoms with Crippen molar-refractivity contribution in [3.63, 3.8) is 0 Å². The van der Waals surface area contributed by atoms with Crippen molar-refractivity contribution in [1.82, 2.24) is 15.5 Å². The third-order valence-corrected chi connectivity index (χ3v) is 4.16. The van der Waals surface area contributed by atoms with Crippen molar-refractivity contribution in [3.8, 4) is 0 Å². The third kappa shape index (κ3) is 2.26. The molecule has 3 rings (SSSR count). The lowest BCUT2D eigenvalue weighted by Gasteiger charge is -2.25. The Labute approximate surface area is 121 Å². The normalized spacial score (nSPS) is 17.0. The summed E-state index contributed by atoms with van der Waals surface area (Å²) in [5, 5.41) is 19.8. The Balaban J connectivity index is 1.97. The Hall–Kier alpha value is -2.37. The molecule has 2 aromatic rings. The minimum absolute atomic E-state index is 0.364. The Morgan fingerprint density at radius 2 is 2.05 bits per heavy atom. The van der Waals surface area contributed by atoms with Gasteiger partial charge < -0.3 is 10.4 Å². The first-order valence-electron chi connectivity index (χ1n) is 7.01. The number of nitrogens with one attached hydrogen (secondary N) is 2. The maximum atomic E-state index is 12.6. The van der Waals surface area contributed by atoms with E-state index in [1.807, 2.05) is 13.0 Å². The number of fused-ring (bicyclic) bond motifs is 1. The van der Waals surface area contributed by atoms with Gasteiger partial charge in [0.05, 0.1) is 17.3 Å². The highest BCUT2D eigenvalue weighted by molar-refractivity contribution is 6.07. The van der Waals surface area contributed by atoms with Crippen LogP contribution in [0.3, 0.4) is 0 Å². The van der Waals surface area contributed by atoms with Gasteiger partial charge in [0.15, 0.2) is 0 Å². The van der Waals surface area contributed by atoms with Crippen LogP contribution >= 0.6 is 0 Å². The fourth-order valence-corrected chi connectivity index (χ4v) is 3.04. The number of benzene rings is 1. The summed E-state index contributed by atoms with van der Waals surface area (Å²) >= 11 is 0. The van der Waals surface area contributed by atoms with Gasteiger partial charge >= 0.3 is 5.97 Å². The molecule has 6 heteroatoms. The van der Waals surface area contributed by atoms with Crippen LogP contribution in [0.25, 0.3) is 10.9 Å². The molecule has 1 aliphatic rings. The number of aromatic nitrogens is 2. The van der Waals surface area contributed by atoms with Crippen LogP contribution in [0.4, 0.5) is 0 Å². The topological polar surface area (TPSA) is 95.1 Å². The minimum atomic E-state index is -1.13. The zero-order chi connectivity index (χ0) is 15.0. The van der Waals surface area contributed by atoms with Gasteiger partial charge in [0.1, 0.15) is 5.54 Å². The number of carbonyl (C=O) groups is 2. The van der Waals surface area contributed by atoms with E-state index in [2.05, 4.69) is 15.5 Å². The molecule has 0 spiro atoms. The van der Waals surface area contributed by atoms with Gasteiger partial charge in [-0.3, -0.25) is 9.89 Å². The minimum Gasteiger partial charge on any atom is -0.480 e. The number of carbonyl (C=O) groups excluding carboxylic acids is 1. The summed E-state index contributed by atoms with van der Waals surface area (Å²) < 4.78 is 0. The van der Waals surface area contributed by atoms with Crippen LogP contribution in [0.1, 0.15) is 41.6 Å². The quantitative estimate of drug-likeness (QED) is 0.804. The van der Waals surface area contributed by atoms with Gasteiger partial charge in [0, 0.05) is 5.39 Å². The molecule has 1 heterocycles. The monoisotopic (exact) mass is 287 g/mol. The molecule has 110 valence electrons. The number of carboxylic acid groups (broad SMARTS) is 1. The fourth-order valence-electron chi connectivity index (χ4n) is 3.04. The lowest BCUT2D eigenvalue weighted by atomic mass is 9.96. The molecule has 1 fully saturated rings. The first-order chi connectivity index (χ1) is 10.0. The van der Waals surface area contributed by atoms with E-state index >= 15 is 0 Å². The van der Waals surface area contributed by atoms with E-state index in [9.17, 15) is 14.7 Å².